The monoisotopic (exact) mass is 256 g/mol. The summed E-state index contributed by atoms with van der Waals surface area (Å²) in [6.45, 7) is 6.09. The zero-order chi connectivity index (χ0) is 13.9. The summed E-state index contributed by atoms with van der Waals surface area (Å²) in [5, 5.41) is 4.06. The van der Waals surface area contributed by atoms with Crippen LogP contribution >= 0.6 is 0 Å². The summed E-state index contributed by atoms with van der Waals surface area (Å²) in [4.78, 5) is 16.8. The lowest BCUT2D eigenvalue weighted by atomic mass is 9.83. The second-order valence-corrected chi connectivity index (χ2v) is 5.10. The molecule has 1 amide bonds. The van der Waals surface area contributed by atoms with Gasteiger partial charge in [-0.15, -0.1) is 0 Å². The van der Waals surface area contributed by atoms with Gasteiger partial charge in [0, 0.05) is 17.0 Å². The molecule has 0 radical (unpaired) electrons. The van der Waals surface area contributed by atoms with Gasteiger partial charge in [0.2, 0.25) is 5.91 Å². The molecule has 0 saturated carbocycles. The average molecular weight is 256 g/mol. The van der Waals surface area contributed by atoms with Crippen molar-refractivity contribution in [1.82, 2.24) is 4.98 Å². The van der Waals surface area contributed by atoms with E-state index in [1.807, 2.05) is 51.1 Å². The second-order valence-electron chi connectivity index (χ2n) is 5.10. The molecule has 0 aliphatic carbocycles. The normalized spacial score (nSPS) is 11.5. The molecule has 19 heavy (non-hydrogen) atoms. The van der Waals surface area contributed by atoms with Crippen LogP contribution in [-0.2, 0) is 4.79 Å². The number of benzene rings is 1. The van der Waals surface area contributed by atoms with Crippen molar-refractivity contribution in [2.45, 2.75) is 33.6 Å². The van der Waals surface area contributed by atoms with Crippen LogP contribution in [0.25, 0.3) is 10.9 Å². The first-order valence-electron chi connectivity index (χ1n) is 6.76. The molecule has 0 atom stereocenters. The van der Waals surface area contributed by atoms with E-state index in [1.54, 1.807) is 6.20 Å². The minimum atomic E-state index is -0.322. The zero-order valence-electron chi connectivity index (χ0n) is 11.7. The highest BCUT2D eigenvalue weighted by Crippen LogP contribution is 2.29. The van der Waals surface area contributed by atoms with Crippen LogP contribution in [0.2, 0.25) is 0 Å². The predicted octanol–water partition coefficient (Wildman–Crippen LogP) is 4.00. The first kappa shape index (κ1) is 13.5. The number of para-hydroxylation sites is 1. The fraction of sp³-hybridized carbons (Fsp3) is 0.375. The molecule has 1 aromatic heterocycles. The molecular formula is C16H20N2O. The van der Waals surface area contributed by atoms with Gasteiger partial charge in [0.05, 0.1) is 11.2 Å². The molecule has 0 bridgehead atoms. The van der Waals surface area contributed by atoms with Crippen LogP contribution in [0, 0.1) is 5.41 Å². The number of rotatable bonds is 4. The molecule has 3 nitrogen and oxygen atoms in total. The van der Waals surface area contributed by atoms with Crippen LogP contribution in [0.4, 0.5) is 5.69 Å². The van der Waals surface area contributed by atoms with Gasteiger partial charge in [-0.05, 0) is 25.0 Å². The highest BCUT2D eigenvalue weighted by atomic mass is 16.2. The fourth-order valence-corrected chi connectivity index (χ4v) is 2.05. The Kier molecular flexibility index (Phi) is 3.84. The van der Waals surface area contributed by atoms with Gasteiger partial charge in [-0.3, -0.25) is 9.78 Å². The van der Waals surface area contributed by atoms with E-state index >= 15 is 0 Å². The zero-order valence-corrected chi connectivity index (χ0v) is 11.7. The van der Waals surface area contributed by atoms with Crippen molar-refractivity contribution in [3.63, 3.8) is 0 Å². The van der Waals surface area contributed by atoms with Gasteiger partial charge in [-0.2, -0.15) is 0 Å². The molecule has 2 rings (SSSR count). The number of nitrogens with zero attached hydrogens (tertiary/aromatic N) is 1. The van der Waals surface area contributed by atoms with Crippen molar-refractivity contribution < 1.29 is 4.79 Å². The minimum Gasteiger partial charge on any atom is -0.324 e. The summed E-state index contributed by atoms with van der Waals surface area (Å²) < 4.78 is 0. The lowest BCUT2D eigenvalue weighted by molar-refractivity contribution is -0.125. The fourth-order valence-electron chi connectivity index (χ4n) is 2.05. The van der Waals surface area contributed by atoms with Gasteiger partial charge in [-0.1, -0.05) is 39.0 Å². The van der Waals surface area contributed by atoms with Gasteiger partial charge in [0.25, 0.3) is 0 Å². The molecule has 0 aliphatic heterocycles. The number of pyridine rings is 1. The largest absolute Gasteiger partial charge is 0.324 e. The van der Waals surface area contributed by atoms with Crippen molar-refractivity contribution in [3.05, 3.63) is 36.5 Å². The maximum absolute atomic E-state index is 12.4. The molecule has 0 spiro atoms. The third-order valence-corrected chi connectivity index (χ3v) is 3.99. The maximum atomic E-state index is 12.4. The Bertz CT molecular complexity index is 583. The van der Waals surface area contributed by atoms with Gasteiger partial charge in [0.15, 0.2) is 0 Å². The average Bonchev–Trinajstić information content (AvgIpc) is 2.46. The Hall–Kier alpha value is -1.90. The van der Waals surface area contributed by atoms with E-state index in [9.17, 15) is 4.79 Å². The first-order valence-corrected chi connectivity index (χ1v) is 6.76. The lowest BCUT2D eigenvalue weighted by Gasteiger charge is -2.25. The topological polar surface area (TPSA) is 42.0 Å². The molecule has 0 fully saturated rings. The van der Waals surface area contributed by atoms with E-state index in [0.29, 0.717) is 0 Å². The summed E-state index contributed by atoms with van der Waals surface area (Å²) in [5.41, 5.74) is 1.31. The molecule has 0 unspecified atom stereocenters. The number of anilines is 1. The van der Waals surface area contributed by atoms with Crippen LogP contribution in [0.15, 0.2) is 36.5 Å². The SMILES string of the molecule is CCC(C)(CC)C(=O)Nc1cccc2cccnc12. The van der Waals surface area contributed by atoms with Crippen LogP contribution in [0.5, 0.6) is 0 Å². The van der Waals surface area contributed by atoms with E-state index in [2.05, 4.69) is 10.3 Å². The Morgan fingerprint density at radius 1 is 1.21 bits per heavy atom. The summed E-state index contributed by atoms with van der Waals surface area (Å²) in [6.07, 6.45) is 3.40. The van der Waals surface area contributed by atoms with Gasteiger partial charge in [0.1, 0.15) is 0 Å². The van der Waals surface area contributed by atoms with Gasteiger partial charge in [-0.25, -0.2) is 0 Å². The highest BCUT2D eigenvalue weighted by Gasteiger charge is 2.29. The third kappa shape index (κ3) is 2.60. The molecule has 0 aliphatic rings. The van der Waals surface area contributed by atoms with Crippen molar-refractivity contribution in [1.29, 1.82) is 0 Å². The Labute approximate surface area is 114 Å². The van der Waals surface area contributed by atoms with Crippen LogP contribution in [0.3, 0.4) is 0 Å². The molecule has 3 heteroatoms. The maximum Gasteiger partial charge on any atom is 0.230 e. The van der Waals surface area contributed by atoms with Crippen molar-refractivity contribution in [3.8, 4) is 0 Å². The van der Waals surface area contributed by atoms with E-state index in [1.165, 1.54) is 0 Å². The van der Waals surface area contributed by atoms with Crippen molar-refractivity contribution >= 4 is 22.5 Å². The highest BCUT2D eigenvalue weighted by molar-refractivity contribution is 6.02. The number of aromatic nitrogens is 1. The van der Waals surface area contributed by atoms with Gasteiger partial charge >= 0.3 is 0 Å². The lowest BCUT2D eigenvalue weighted by Crippen LogP contribution is -2.32. The first-order chi connectivity index (χ1) is 9.10. The number of carbonyl (C=O) groups excluding carboxylic acids is 1. The molecule has 1 N–H and O–H groups in total. The molecule has 1 aromatic carbocycles. The van der Waals surface area contributed by atoms with E-state index in [0.717, 1.165) is 29.4 Å². The number of fused-ring (bicyclic) bond motifs is 1. The second kappa shape index (κ2) is 5.39. The van der Waals surface area contributed by atoms with Crippen LogP contribution < -0.4 is 5.32 Å². The number of hydrogen-bond donors (Lipinski definition) is 1. The molecule has 100 valence electrons. The molecule has 0 saturated heterocycles. The summed E-state index contributed by atoms with van der Waals surface area (Å²) in [7, 11) is 0. The molecular weight excluding hydrogens is 236 g/mol. The van der Waals surface area contributed by atoms with Gasteiger partial charge < -0.3 is 5.32 Å². The van der Waals surface area contributed by atoms with Crippen LogP contribution in [-0.4, -0.2) is 10.9 Å². The standard InChI is InChI=1S/C16H20N2O/c1-4-16(3,5-2)15(19)18-13-10-6-8-12-9-7-11-17-14(12)13/h6-11H,4-5H2,1-3H3,(H,18,19). The third-order valence-electron chi connectivity index (χ3n) is 3.99. The summed E-state index contributed by atoms with van der Waals surface area (Å²) in [6, 6.07) is 9.73. The summed E-state index contributed by atoms with van der Waals surface area (Å²) in [5.74, 6) is 0.0654. The Morgan fingerprint density at radius 3 is 2.58 bits per heavy atom. The van der Waals surface area contributed by atoms with E-state index in [4.69, 9.17) is 0 Å². The van der Waals surface area contributed by atoms with Crippen LogP contribution in [0.1, 0.15) is 33.6 Å². The molecule has 1 heterocycles. The van der Waals surface area contributed by atoms with Crippen molar-refractivity contribution in [2.75, 3.05) is 5.32 Å². The predicted molar refractivity (Wildman–Crippen MR) is 79.1 cm³/mol. The smallest absolute Gasteiger partial charge is 0.230 e. The molecule has 2 aromatic rings. The summed E-state index contributed by atoms with van der Waals surface area (Å²) >= 11 is 0. The number of carbonyl (C=O) groups is 1. The quantitative estimate of drug-likeness (QED) is 0.898. The number of nitrogens with one attached hydrogen (secondary N) is 1. The van der Waals surface area contributed by atoms with Crippen molar-refractivity contribution in [2.24, 2.45) is 5.41 Å². The number of amides is 1. The minimum absolute atomic E-state index is 0.0654. The van der Waals surface area contributed by atoms with E-state index in [-0.39, 0.29) is 11.3 Å². The Morgan fingerprint density at radius 2 is 1.89 bits per heavy atom. The Balaban J connectivity index is 2.34. The van der Waals surface area contributed by atoms with E-state index < -0.39 is 0 Å². The number of hydrogen-bond acceptors (Lipinski definition) is 2.